The third-order valence-corrected chi connectivity index (χ3v) is 4.30. The van der Waals surface area contributed by atoms with Crippen LogP contribution in [0, 0.1) is 5.92 Å². The molecule has 0 amide bonds. The highest BCUT2D eigenvalue weighted by Gasteiger charge is 2.19. The van der Waals surface area contributed by atoms with E-state index in [0.717, 1.165) is 24.4 Å². The van der Waals surface area contributed by atoms with E-state index in [9.17, 15) is 0 Å². The first kappa shape index (κ1) is 13.4. The van der Waals surface area contributed by atoms with E-state index in [2.05, 4.69) is 25.6 Å². The standard InChI is InChI=1S/C13H26OS/c1-3-4-5-6-7-8-15-13-9-12(2)10-14-11-13/h12-13H,3-11H2,1-2H3. The molecule has 0 bridgehead atoms. The van der Waals surface area contributed by atoms with Crippen LogP contribution in [-0.4, -0.2) is 24.2 Å². The lowest BCUT2D eigenvalue weighted by atomic mass is 10.1. The molecule has 0 aromatic rings. The quantitative estimate of drug-likeness (QED) is 0.609. The van der Waals surface area contributed by atoms with E-state index in [4.69, 9.17) is 4.74 Å². The second kappa shape index (κ2) is 8.46. The van der Waals surface area contributed by atoms with Crippen molar-refractivity contribution in [1.82, 2.24) is 0 Å². The molecule has 2 heteroatoms. The SMILES string of the molecule is CCCCCCCSC1COCC(C)C1. The highest BCUT2D eigenvalue weighted by atomic mass is 32.2. The third kappa shape index (κ3) is 6.47. The molecule has 2 atom stereocenters. The lowest BCUT2D eigenvalue weighted by Crippen LogP contribution is -2.25. The Balaban J connectivity index is 1.90. The first-order valence-corrected chi connectivity index (χ1v) is 7.57. The van der Waals surface area contributed by atoms with Crippen LogP contribution in [0.2, 0.25) is 0 Å². The van der Waals surface area contributed by atoms with Crippen molar-refractivity contribution in [3.63, 3.8) is 0 Å². The number of unbranched alkanes of at least 4 members (excludes halogenated alkanes) is 4. The van der Waals surface area contributed by atoms with E-state index < -0.39 is 0 Å². The molecule has 0 saturated carbocycles. The van der Waals surface area contributed by atoms with Crippen LogP contribution in [0.3, 0.4) is 0 Å². The molecule has 0 aromatic carbocycles. The molecular weight excluding hydrogens is 204 g/mol. The maximum Gasteiger partial charge on any atom is 0.0585 e. The van der Waals surface area contributed by atoms with Crippen molar-refractivity contribution in [1.29, 1.82) is 0 Å². The largest absolute Gasteiger partial charge is 0.380 e. The van der Waals surface area contributed by atoms with Crippen LogP contribution in [0.15, 0.2) is 0 Å². The summed E-state index contributed by atoms with van der Waals surface area (Å²) in [6.07, 6.45) is 8.36. The van der Waals surface area contributed by atoms with Crippen LogP contribution in [0.25, 0.3) is 0 Å². The summed E-state index contributed by atoms with van der Waals surface area (Å²) in [6.45, 7) is 6.54. The van der Waals surface area contributed by atoms with Gasteiger partial charge in [-0.25, -0.2) is 0 Å². The summed E-state index contributed by atoms with van der Waals surface area (Å²) in [5.74, 6) is 2.11. The maximum absolute atomic E-state index is 5.57. The molecule has 0 radical (unpaired) electrons. The Bertz CT molecular complexity index is 149. The predicted octanol–water partition coefficient (Wildman–Crippen LogP) is 4.12. The van der Waals surface area contributed by atoms with Crippen LogP contribution in [0.4, 0.5) is 0 Å². The van der Waals surface area contributed by atoms with E-state index in [0.29, 0.717) is 0 Å². The lowest BCUT2D eigenvalue weighted by molar-refractivity contribution is 0.0662. The van der Waals surface area contributed by atoms with Gasteiger partial charge >= 0.3 is 0 Å². The molecule has 15 heavy (non-hydrogen) atoms. The number of hydrogen-bond acceptors (Lipinski definition) is 2. The Morgan fingerprint density at radius 1 is 1.13 bits per heavy atom. The summed E-state index contributed by atoms with van der Waals surface area (Å²) in [5, 5.41) is 0.778. The topological polar surface area (TPSA) is 9.23 Å². The first-order chi connectivity index (χ1) is 7.33. The summed E-state index contributed by atoms with van der Waals surface area (Å²) in [7, 11) is 0. The van der Waals surface area contributed by atoms with E-state index in [1.807, 2.05) is 0 Å². The molecule has 1 fully saturated rings. The second-order valence-electron chi connectivity index (χ2n) is 4.79. The minimum absolute atomic E-state index is 0.774. The van der Waals surface area contributed by atoms with Crippen molar-refractivity contribution in [2.24, 2.45) is 5.92 Å². The van der Waals surface area contributed by atoms with Gasteiger partial charge in [-0.2, -0.15) is 11.8 Å². The minimum atomic E-state index is 0.774. The fourth-order valence-electron chi connectivity index (χ4n) is 2.06. The van der Waals surface area contributed by atoms with Crippen molar-refractivity contribution in [3.05, 3.63) is 0 Å². The average Bonchev–Trinajstić information content (AvgIpc) is 2.23. The van der Waals surface area contributed by atoms with Gasteiger partial charge in [0.1, 0.15) is 0 Å². The predicted molar refractivity (Wildman–Crippen MR) is 69.6 cm³/mol. The normalized spacial score (nSPS) is 26.8. The second-order valence-corrected chi connectivity index (χ2v) is 6.19. The summed E-state index contributed by atoms with van der Waals surface area (Å²) in [4.78, 5) is 0. The highest BCUT2D eigenvalue weighted by molar-refractivity contribution is 7.99. The van der Waals surface area contributed by atoms with Crippen LogP contribution in [0.5, 0.6) is 0 Å². The Hall–Kier alpha value is 0.310. The van der Waals surface area contributed by atoms with Gasteiger partial charge in [-0.15, -0.1) is 0 Å². The molecule has 0 spiro atoms. The lowest BCUT2D eigenvalue weighted by Gasteiger charge is -2.26. The van der Waals surface area contributed by atoms with Gasteiger partial charge in [0, 0.05) is 11.9 Å². The van der Waals surface area contributed by atoms with Crippen LogP contribution in [0.1, 0.15) is 52.4 Å². The molecule has 2 unspecified atom stereocenters. The Kier molecular flexibility index (Phi) is 7.54. The van der Waals surface area contributed by atoms with E-state index in [-0.39, 0.29) is 0 Å². The van der Waals surface area contributed by atoms with Crippen LogP contribution < -0.4 is 0 Å². The highest BCUT2D eigenvalue weighted by Crippen LogP contribution is 2.25. The Morgan fingerprint density at radius 3 is 2.67 bits per heavy atom. The van der Waals surface area contributed by atoms with Crippen LogP contribution in [-0.2, 0) is 4.74 Å². The van der Waals surface area contributed by atoms with Gasteiger partial charge in [0.25, 0.3) is 0 Å². The van der Waals surface area contributed by atoms with Gasteiger partial charge in [-0.1, -0.05) is 39.5 Å². The molecule has 0 aliphatic carbocycles. The molecule has 1 aliphatic rings. The number of thioether (sulfide) groups is 1. The minimum Gasteiger partial charge on any atom is -0.380 e. The summed E-state index contributed by atoms with van der Waals surface area (Å²) >= 11 is 2.13. The molecule has 0 aromatic heterocycles. The van der Waals surface area contributed by atoms with Crippen LogP contribution >= 0.6 is 11.8 Å². The molecule has 90 valence electrons. The van der Waals surface area contributed by atoms with Crippen molar-refractivity contribution in [2.45, 2.75) is 57.6 Å². The van der Waals surface area contributed by atoms with Gasteiger partial charge in [0.2, 0.25) is 0 Å². The molecule has 0 N–H and O–H groups in total. The number of rotatable bonds is 7. The van der Waals surface area contributed by atoms with Gasteiger partial charge < -0.3 is 4.74 Å². The zero-order chi connectivity index (χ0) is 10.9. The zero-order valence-electron chi connectivity index (χ0n) is 10.3. The summed E-state index contributed by atoms with van der Waals surface area (Å²) < 4.78 is 5.57. The average molecular weight is 230 g/mol. The number of hydrogen-bond donors (Lipinski definition) is 0. The Morgan fingerprint density at radius 2 is 1.93 bits per heavy atom. The summed E-state index contributed by atoms with van der Waals surface area (Å²) in [5.41, 5.74) is 0. The molecule has 1 heterocycles. The zero-order valence-corrected chi connectivity index (χ0v) is 11.2. The van der Waals surface area contributed by atoms with Gasteiger partial charge in [-0.05, 0) is 24.5 Å². The Labute approximate surface area is 99.3 Å². The van der Waals surface area contributed by atoms with E-state index in [1.54, 1.807) is 0 Å². The third-order valence-electron chi connectivity index (χ3n) is 2.97. The first-order valence-electron chi connectivity index (χ1n) is 6.52. The summed E-state index contributed by atoms with van der Waals surface area (Å²) in [6, 6.07) is 0. The molecule has 1 nitrogen and oxygen atoms in total. The van der Waals surface area contributed by atoms with E-state index in [1.165, 1.54) is 44.3 Å². The van der Waals surface area contributed by atoms with Gasteiger partial charge in [0.05, 0.1) is 6.61 Å². The smallest absolute Gasteiger partial charge is 0.0585 e. The van der Waals surface area contributed by atoms with Crippen molar-refractivity contribution < 1.29 is 4.74 Å². The van der Waals surface area contributed by atoms with Crippen molar-refractivity contribution in [3.8, 4) is 0 Å². The fourth-order valence-corrected chi connectivity index (χ4v) is 3.42. The number of ether oxygens (including phenoxy) is 1. The van der Waals surface area contributed by atoms with Crippen molar-refractivity contribution >= 4 is 11.8 Å². The molecule has 1 saturated heterocycles. The van der Waals surface area contributed by atoms with Gasteiger partial charge in [-0.3, -0.25) is 0 Å². The molecule has 1 rings (SSSR count). The van der Waals surface area contributed by atoms with Gasteiger partial charge in [0.15, 0.2) is 0 Å². The monoisotopic (exact) mass is 230 g/mol. The maximum atomic E-state index is 5.57. The molecule has 1 aliphatic heterocycles. The molecular formula is C13H26OS. The van der Waals surface area contributed by atoms with Crippen molar-refractivity contribution in [2.75, 3.05) is 19.0 Å². The van der Waals surface area contributed by atoms with E-state index >= 15 is 0 Å². The fraction of sp³-hybridized carbons (Fsp3) is 1.00.